The maximum atomic E-state index is 2.67. The Morgan fingerprint density at radius 2 is 1.26 bits per heavy atom. The Balaban J connectivity index is 1.99. The summed E-state index contributed by atoms with van der Waals surface area (Å²) in [6.45, 7) is 4.49. The fourth-order valence-corrected chi connectivity index (χ4v) is 3.88. The van der Waals surface area contributed by atoms with E-state index >= 15 is 0 Å². The monoisotopic (exact) mass is 269 g/mol. The molecule has 2 rings (SSSR count). The number of benzene rings is 2. The summed E-state index contributed by atoms with van der Waals surface area (Å²) in [6, 6.07) is 23.1. The van der Waals surface area contributed by atoms with Crippen LogP contribution in [-0.4, -0.2) is 14.2 Å². The van der Waals surface area contributed by atoms with Crippen molar-refractivity contribution in [2.45, 2.75) is 32.5 Å². The predicted molar refractivity (Wildman–Crippen MR) is 85.8 cm³/mol. The van der Waals surface area contributed by atoms with Gasteiger partial charge in [0.1, 0.15) is 0 Å². The zero-order valence-corrected chi connectivity index (χ0v) is 13.2. The molecule has 0 aliphatic rings. The van der Waals surface area contributed by atoms with Gasteiger partial charge in [0.2, 0.25) is 0 Å². The minimum Gasteiger partial charge on any atom is -0.321 e. The summed E-state index contributed by atoms with van der Waals surface area (Å²) >= 11 is 0. The molecule has 2 aromatic carbocycles. The Labute approximate surface area is 119 Å². The molecule has 0 aliphatic heterocycles. The Morgan fingerprint density at radius 3 is 1.68 bits per heavy atom. The van der Waals surface area contributed by atoms with Gasteiger partial charge in [-0.05, 0) is 11.1 Å². The minimum absolute atomic E-state index is 0.129. The molecule has 0 amide bonds. The maximum absolute atomic E-state index is 2.67. The average Bonchev–Trinajstić information content (AvgIpc) is 2.47. The lowest BCUT2D eigenvalue weighted by molar-refractivity contribution is 0.430. The molecular formula is C17H23NSi. The van der Waals surface area contributed by atoms with Crippen molar-refractivity contribution < 1.29 is 0 Å². The molecule has 0 spiro atoms. The summed E-state index contributed by atoms with van der Waals surface area (Å²) in [5, 5.41) is 0. The highest BCUT2D eigenvalue weighted by Gasteiger charge is 2.06. The van der Waals surface area contributed by atoms with E-state index in [0.29, 0.717) is 0 Å². The van der Waals surface area contributed by atoms with Crippen LogP contribution in [0.5, 0.6) is 0 Å². The van der Waals surface area contributed by atoms with Gasteiger partial charge in [-0.3, -0.25) is 0 Å². The quantitative estimate of drug-likeness (QED) is 0.694. The Bertz CT molecular complexity index is 414. The fourth-order valence-electron chi connectivity index (χ4n) is 2.28. The molecule has 0 bridgehead atoms. The maximum Gasteiger partial charge on any atom is 0.0958 e. The van der Waals surface area contributed by atoms with Crippen molar-refractivity contribution in [2.24, 2.45) is 0 Å². The average molecular weight is 269 g/mol. The van der Waals surface area contributed by atoms with Crippen LogP contribution in [0.25, 0.3) is 0 Å². The van der Waals surface area contributed by atoms with Crippen molar-refractivity contribution in [1.82, 2.24) is 4.57 Å². The Kier molecular flexibility index (Phi) is 5.85. The summed E-state index contributed by atoms with van der Waals surface area (Å²) < 4.78 is 2.67. The molecule has 0 radical (unpaired) electrons. The van der Waals surface area contributed by atoms with E-state index in [0.717, 1.165) is 13.1 Å². The van der Waals surface area contributed by atoms with Crippen LogP contribution in [0.1, 0.15) is 24.5 Å². The molecule has 0 N–H and O–H groups in total. The van der Waals surface area contributed by atoms with Gasteiger partial charge in [-0.2, -0.15) is 0 Å². The van der Waals surface area contributed by atoms with Crippen LogP contribution in [-0.2, 0) is 13.1 Å². The summed E-state index contributed by atoms with van der Waals surface area (Å²) in [6.07, 6.45) is 1.31. The van der Waals surface area contributed by atoms with Gasteiger partial charge < -0.3 is 4.57 Å². The van der Waals surface area contributed by atoms with Crippen LogP contribution < -0.4 is 0 Å². The van der Waals surface area contributed by atoms with E-state index in [1.54, 1.807) is 0 Å². The zero-order chi connectivity index (χ0) is 13.3. The normalized spacial score (nSPS) is 11.5. The van der Waals surface area contributed by atoms with E-state index < -0.39 is 0 Å². The topological polar surface area (TPSA) is 3.24 Å². The summed E-state index contributed by atoms with van der Waals surface area (Å²) in [4.78, 5) is 0. The Morgan fingerprint density at radius 1 is 0.789 bits per heavy atom. The minimum atomic E-state index is -0.129. The van der Waals surface area contributed by atoms with Gasteiger partial charge in [-0.15, -0.1) is 0 Å². The van der Waals surface area contributed by atoms with Crippen LogP contribution in [0.3, 0.4) is 0 Å². The number of hydrogen-bond acceptors (Lipinski definition) is 1. The zero-order valence-electron chi connectivity index (χ0n) is 11.8. The van der Waals surface area contributed by atoms with E-state index in [4.69, 9.17) is 0 Å². The van der Waals surface area contributed by atoms with Crippen molar-refractivity contribution in [3.63, 3.8) is 0 Å². The Hall–Kier alpha value is -1.38. The molecule has 0 aliphatic carbocycles. The van der Waals surface area contributed by atoms with E-state index in [1.807, 2.05) is 0 Å². The number of nitrogens with zero attached hydrogens (tertiary/aromatic N) is 1. The van der Waals surface area contributed by atoms with Crippen LogP contribution in [0.2, 0.25) is 6.04 Å². The van der Waals surface area contributed by atoms with Crippen molar-refractivity contribution in [3.05, 3.63) is 71.8 Å². The number of rotatable bonds is 7. The van der Waals surface area contributed by atoms with Crippen molar-refractivity contribution in [3.8, 4) is 0 Å². The molecule has 0 saturated carbocycles. The van der Waals surface area contributed by atoms with Gasteiger partial charge in [-0.1, -0.05) is 80.1 Å². The summed E-state index contributed by atoms with van der Waals surface area (Å²) in [7, 11) is -0.129. The lowest BCUT2D eigenvalue weighted by Gasteiger charge is -2.22. The molecule has 2 heteroatoms. The highest BCUT2D eigenvalue weighted by Crippen LogP contribution is 2.10. The smallest absolute Gasteiger partial charge is 0.0958 e. The van der Waals surface area contributed by atoms with Crippen LogP contribution in [0, 0.1) is 0 Å². The van der Waals surface area contributed by atoms with E-state index in [-0.39, 0.29) is 9.68 Å². The lowest BCUT2D eigenvalue weighted by atomic mass is 10.2. The van der Waals surface area contributed by atoms with Crippen molar-refractivity contribution >= 4 is 9.68 Å². The fraction of sp³-hybridized carbons (Fsp3) is 0.294. The van der Waals surface area contributed by atoms with Gasteiger partial charge >= 0.3 is 0 Å². The van der Waals surface area contributed by atoms with Crippen LogP contribution in [0.4, 0.5) is 0 Å². The SMILES string of the molecule is CCC[SiH2]N(Cc1ccccc1)Cc1ccccc1. The second-order valence-electron chi connectivity index (χ2n) is 5.04. The van der Waals surface area contributed by atoms with Crippen molar-refractivity contribution in [2.75, 3.05) is 0 Å². The first kappa shape index (κ1) is 14.0. The molecule has 0 heterocycles. The third kappa shape index (κ3) is 5.01. The molecular weight excluding hydrogens is 246 g/mol. The molecule has 0 atom stereocenters. The molecule has 2 aromatic rings. The molecule has 0 fully saturated rings. The van der Waals surface area contributed by atoms with Gasteiger partial charge in [0.05, 0.1) is 9.68 Å². The van der Waals surface area contributed by atoms with Crippen LogP contribution >= 0.6 is 0 Å². The molecule has 1 nitrogen and oxygen atoms in total. The first-order valence-corrected chi connectivity index (χ1v) is 8.82. The lowest BCUT2D eigenvalue weighted by Crippen LogP contribution is -2.26. The van der Waals surface area contributed by atoms with Crippen molar-refractivity contribution in [1.29, 1.82) is 0 Å². The van der Waals surface area contributed by atoms with E-state index in [9.17, 15) is 0 Å². The highest BCUT2D eigenvalue weighted by atomic mass is 28.2. The molecule has 0 aromatic heterocycles. The standard InChI is InChI=1S/C17H23NSi/c1-2-13-19-18(14-16-9-5-3-6-10-16)15-17-11-7-4-8-12-17/h3-12H,2,13-15,19H2,1H3. The van der Waals surface area contributed by atoms with Gasteiger partial charge in [0, 0.05) is 13.1 Å². The van der Waals surface area contributed by atoms with E-state index in [2.05, 4.69) is 72.2 Å². The largest absolute Gasteiger partial charge is 0.321 e. The summed E-state index contributed by atoms with van der Waals surface area (Å²) in [5.74, 6) is 0. The highest BCUT2D eigenvalue weighted by molar-refractivity contribution is 6.31. The molecule has 100 valence electrons. The molecule has 0 saturated heterocycles. The second-order valence-corrected chi connectivity index (χ2v) is 7.08. The number of hydrogen-bond donors (Lipinski definition) is 0. The third-order valence-corrected chi connectivity index (χ3v) is 5.43. The second kappa shape index (κ2) is 7.92. The van der Waals surface area contributed by atoms with Gasteiger partial charge in [0.25, 0.3) is 0 Å². The first-order chi connectivity index (χ1) is 9.38. The third-order valence-electron chi connectivity index (χ3n) is 3.33. The van der Waals surface area contributed by atoms with Crippen LogP contribution in [0.15, 0.2) is 60.7 Å². The molecule has 19 heavy (non-hydrogen) atoms. The summed E-state index contributed by atoms with van der Waals surface area (Å²) in [5.41, 5.74) is 2.86. The van der Waals surface area contributed by atoms with Gasteiger partial charge in [0.15, 0.2) is 0 Å². The van der Waals surface area contributed by atoms with Gasteiger partial charge in [-0.25, -0.2) is 0 Å². The predicted octanol–water partition coefficient (Wildman–Crippen LogP) is 3.60. The molecule has 0 unspecified atom stereocenters. The first-order valence-electron chi connectivity index (χ1n) is 7.18. The van der Waals surface area contributed by atoms with E-state index in [1.165, 1.54) is 23.6 Å².